The molecule has 1 N–H and O–H groups in total. The van der Waals surface area contributed by atoms with E-state index in [1.165, 1.54) is 17.1 Å². The van der Waals surface area contributed by atoms with Crippen LogP contribution in [0.3, 0.4) is 0 Å². The third kappa shape index (κ3) is 5.86. The van der Waals surface area contributed by atoms with Crippen LogP contribution in [0, 0.1) is 26.7 Å². The molecule has 5 nitrogen and oxygen atoms in total. The van der Waals surface area contributed by atoms with Gasteiger partial charge < -0.3 is 5.32 Å². The summed E-state index contributed by atoms with van der Waals surface area (Å²) in [6, 6.07) is 6.43. The van der Waals surface area contributed by atoms with Crippen LogP contribution in [-0.2, 0) is 24.3 Å². The summed E-state index contributed by atoms with van der Waals surface area (Å²) in [5, 5.41) is 7.78. The maximum atomic E-state index is 12.8. The van der Waals surface area contributed by atoms with Crippen LogP contribution in [0.2, 0.25) is 0 Å². The maximum Gasteiger partial charge on any atom is 0.228 e. The summed E-state index contributed by atoms with van der Waals surface area (Å²) in [5.74, 6) is 2.96. The van der Waals surface area contributed by atoms with Gasteiger partial charge in [-0.15, -0.1) is 0 Å². The molecular weight excluding hydrogens is 380 g/mol. The number of hydrogen-bond acceptors (Lipinski definition) is 4. The molecule has 0 atom stereocenters. The van der Waals surface area contributed by atoms with Gasteiger partial charge in [-0.2, -0.15) is 16.9 Å². The third-order valence-electron chi connectivity index (χ3n) is 5.49. The Hall–Kier alpha value is -1.79. The Morgan fingerprint density at radius 2 is 1.93 bits per heavy atom. The summed E-state index contributed by atoms with van der Waals surface area (Å²) in [4.78, 5) is 15.3. The van der Waals surface area contributed by atoms with Gasteiger partial charge in [0.25, 0.3) is 0 Å². The van der Waals surface area contributed by atoms with Gasteiger partial charge in [0.1, 0.15) is 0 Å². The second kappa shape index (κ2) is 9.81. The van der Waals surface area contributed by atoms with Crippen molar-refractivity contribution in [3.63, 3.8) is 0 Å². The Bertz CT molecular complexity index is 853. The van der Waals surface area contributed by atoms with Crippen molar-refractivity contribution >= 4 is 23.4 Å². The fourth-order valence-electron chi connectivity index (χ4n) is 3.79. The van der Waals surface area contributed by atoms with E-state index in [1.54, 1.807) is 0 Å². The largest absolute Gasteiger partial charge is 0.326 e. The molecule has 1 amide bonds. The smallest absolute Gasteiger partial charge is 0.228 e. The van der Waals surface area contributed by atoms with Crippen molar-refractivity contribution < 1.29 is 4.79 Å². The molecule has 0 saturated carbocycles. The second-order valence-electron chi connectivity index (χ2n) is 8.49. The number of nitrogens with zero attached hydrogens (tertiary/aromatic N) is 3. The van der Waals surface area contributed by atoms with Crippen molar-refractivity contribution in [3.8, 4) is 0 Å². The molecule has 1 saturated heterocycles. The topological polar surface area (TPSA) is 50.2 Å². The molecule has 1 aliphatic rings. The number of nitrogens with one attached hydrogen (secondary N) is 1. The van der Waals surface area contributed by atoms with Gasteiger partial charge in [0, 0.05) is 54.6 Å². The minimum Gasteiger partial charge on any atom is -0.326 e. The molecule has 0 bridgehead atoms. The molecule has 0 radical (unpaired) electrons. The molecule has 1 aliphatic heterocycles. The molecule has 158 valence electrons. The summed E-state index contributed by atoms with van der Waals surface area (Å²) >= 11 is 2.03. The monoisotopic (exact) mass is 414 g/mol. The van der Waals surface area contributed by atoms with Gasteiger partial charge in [-0.3, -0.25) is 14.4 Å². The summed E-state index contributed by atoms with van der Waals surface area (Å²) in [6.07, 6.45) is 0.364. The number of thioether (sulfide) groups is 1. The second-order valence-corrected chi connectivity index (χ2v) is 9.71. The average Bonchev–Trinajstić information content (AvgIpc) is 2.92. The molecule has 1 aromatic carbocycles. The Balaban J connectivity index is 1.67. The molecule has 2 heterocycles. The van der Waals surface area contributed by atoms with Crippen LogP contribution < -0.4 is 5.32 Å². The van der Waals surface area contributed by atoms with Gasteiger partial charge in [0.2, 0.25) is 5.91 Å². The summed E-state index contributed by atoms with van der Waals surface area (Å²) in [5.41, 5.74) is 6.37. The fourth-order valence-corrected chi connectivity index (χ4v) is 4.77. The molecule has 1 fully saturated rings. The molecule has 6 heteroatoms. The van der Waals surface area contributed by atoms with Crippen molar-refractivity contribution in [1.82, 2.24) is 14.7 Å². The van der Waals surface area contributed by atoms with E-state index in [9.17, 15) is 4.79 Å². The van der Waals surface area contributed by atoms with E-state index in [1.807, 2.05) is 30.3 Å². The Labute approximate surface area is 179 Å². The van der Waals surface area contributed by atoms with Gasteiger partial charge in [0.15, 0.2) is 0 Å². The van der Waals surface area contributed by atoms with Gasteiger partial charge in [-0.25, -0.2) is 0 Å². The van der Waals surface area contributed by atoms with E-state index < -0.39 is 0 Å². The van der Waals surface area contributed by atoms with Crippen LogP contribution in [0.1, 0.15) is 41.9 Å². The van der Waals surface area contributed by atoms with Gasteiger partial charge in [-0.05, 0) is 43.9 Å². The van der Waals surface area contributed by atoms with E-state index >= 15 is 0 Å². The highest BCUT2D eigenvalue weighted by molar-refractivity contribution is 7.99. The molecule has 0 unspecified atom stereocenters. The maximum absolute atomic E-state index is 12.8. The lowest BCUT2D eigenvalue weighted by molar-refractivity contribution is -0.115. The normalized spacial score (nSPS) is 15.1. The lowest BCUT2D eigenvalue weighted by Gasteiger charge is -2.26. The van der Waals surface area contributed by atoms with Crippen LogP contribution in [0.15, 0.2) is 18.2 Å². The SMILES string of the molecule is Cc1ccc(CN2CCSCC2)cc1NC(=O)Cc1c(C)nn(CC(C)C)c1C. The number of anilines is 1. The lowest BCUT2D eigenvalue weighted by atomic mass is 10.1. The van der Waals surface area contributed by atoms with Crippen molar-refractivity contribution in [2.24, 2.45) is 5.92 Å². The quantitative estimate of drug-likeness (QED) is 0.738. The summed E-state index contributed by atoms with van der Waals surface area (Å²) in [7, 11) is 0. The Morgan fingerprint density at radius 3 is 2.62 bits per heavy atom. The number of amides is 1. The molecule has 1 aromatic heterocycles. The number of aryl methyl sites for hydroxylation is 2. The molecule has 3 rings (SSSR count). The van der Waals surface area contributed by atoms with Gasteiger partial charge in [-0.1, -0.05) is 26.0 Å². The zero-order valence-electron chi connectivity index (χ0n) is 18.4. The average molecular weight is 415 g/mol. The molecule has 0 spiro atoms. The molecule has 2 aromatic rings. The van der Waals surface area contributed by atoms with E-state index in [4.69, 9.17) is 0 Å². The standard InChI is InChI=1S/C23H34N4OS/c1-16(2)14-27-19(5)21(18(4)25-27)13-23(28)24-22-12-20(7-6-17(22)3)15-26-8-10-29-11-9-26/h6-7,12,16H,8-11,13-15H2,1-5H3,(H,24,28). The lowest BCUT2D eigenvalue weighted by Crippen LogP contribution is -2.32. The van der Waals surface area contributed by atoms with Crippen LogP contribution in [0.25, 0.3) is 0 Å². The number of hydrogen-bond donors (Lipinski definition) is 1. The van der Waals surface area contributed by atoms with Crippen molar-refractivity contribution in [1.29, 1.82) is 0 Å². The molecular formula is C23H34N4OS. The number of benzene rings is 1. The minimum absolute atomic E-state index is 0.0231. The Morgan fingerprint density at radius 1 is 1.21 bits per heavy atom. The predicted molar refractivity (Wildman–Crippen MR) is 123 cm³/mol. The zero-order chi connectivity index (χ0) is 21.0. The van der Waals surface area contributed by atoms with Crippen LogP contribution in [0.5, 0.6) is 0 Å². The van der Waals surface area contributed by atoms with Crippen LogP contribution in [-0.4, -0.2) is 45.2 Å². The minimum atomic E-state index is 0.0231. The Kier molecular flexibility index (Phi) is 7.41. The first kappa shape index (κ1) is 21.9. The number of aromatic nitrogens is 2. The van der Waals surface area contributed by atoms with Crippen molar-refractivity contribution in [3.05, 3.63) is 46.3 Å². The molecule has 0 aliphatic carbocycles. The summed E-state index contributed by atoms with van der Waals surface area (Å²) < 4.78 is 2.03. The fraction of sp³-hybridized carbons (Fsp3) is 0.565. The first-order chi connectivity index (χ1) is 13.8. The van der Waals surface area contributed by atoms with Gasteiger partial charge >= 0.3 is 0 Å². The van der Waals surface area contributed by atoms with Crippen molar-refractivity contribution in [2.45, 2.75) is 54.1 Å². The zero-order valence-corrected chi connectivity index (χ0v) is 19.2. The first-order valence-electron chi connectivity index (χ1n) is 10.6. The number of carbonyl (C=O) groups is 1. The third-order valence-corrected chi connectivity index (χ3v) is 6.44. The number of carbonyl (C=O) groups excluding carboxylic acids is 1. The van der Waals surface area contributed by atoms with E-state index in [-0.39, 0.29) is 5.91 Å². The molecule has 29 heavy (non-hydrogen) atoms. The highest BCUT2D eigenvalue weighted by atomic mass is 32.2. The first-order valence-corrected chi connectivity index (χ1v) is 11.7. The highest BCUT2D eigenvalue weighted by Crippen LogP contribution is 2.21. The van der Waals surface area contributed by atoms with Crippen LogP contribution >= 0.6 is 11.8 Å². The van der Waals surface area contributed by atoms with E-state index in [2.05, 4.69) is 54.3 Å². The number of rotatable bonds is 7. The highest BCUT2D eigenvalue weighted by Gasteiger charge is 2.17. The van der Waals surface area contributed by atoms with Gasteiger partial charge in [0.05, 0.1) is 12.1 Å². The van der Waals surface area contributed by atoms with Crippen molar-refractivity contribution in [2.75, 3.05) is 29.9 Å². The predicted octanol–water partition coefficient (Wildman–Crippen LogP) is 4.19. The van der Waals surface area contributed by atoms with E-state index in [0.29, 0.717) is 12.3 Å². The van der Waals surface area contributed by atoms with Crippen LogP contribution in [0.4, 0.5) is 5.69 Å². The van der Waals surface area contributed by atoms with E-state index in [0.717, 1.165) is 54.4 Å². The summed E-state index contributed by atoms with van der Waals surface area (Å²) in [6.45, 7) is 14.6.